The second-order valence-electron chi connectivity index (χ2n) is 3.64. The van der Waals surface area contributed by atoms with Crippen LogP contribution in [0, 0.1) is 11.7 Å². The van der Waals surface area contributed by atoms with Gasteiger partial charge in [-0.1, -0.05) is 41.4 Å². The molecule has 78 valence electrons. The molecule has 0 radical (unpaired) electrons. The zero-order chi connectivity index (χ0) is 10.4. The van der Waals surface area contributed by atoms with Crippen molar-refractivity contribution in [1.82, 2.24) is 0 Å². The SMILES string of the molecule is CCCC(CBr)Cc1cccc(F)c1. The van der Waals surface area contributed by atoms with E-state index in [2.05, 4.69) is 22.9 Å². The van der Waals surface area contributed by atoms with Crippen molar-refractivity contribution in [3.63, 3.8) is 0 Å². The van der Waals surface area contributed by atoms with E-state index in [4.69, 9.17) is 0 Å². The molecule has 1 unspecified atom stereocenters. The largest absolute Gasteiger partial charge is 0.207 e. The lowest BCUT2D eigenvalue weighted by Gasteiger charge is -2.12. The maximum atomic E-state index is 12.9. The molecule has 0 aliphatic heterocycles. The molecule has 0 aliphatic carbocycles. The van der Waals surface area contributed by atoms with Crippen molar-refractivity contribution in [1.29, 1.82) is 0 Å². The van der Waals surface area contributed by atoms with Crippen molar-refractivity contribution in [3.8, 4) is 0 Å². The zero-order valence-electron chi connectivity index (χ0n) is 8.47. The minimum absolute atomic E-state index is 0.132. The van der Waals surface area contributed by atoms with Gasteiger partial charge in [0.25, 0.3) is 0 Å². The van der Waals surface area contributed by atoms with Crippen molar-refractivity contribution in [2.24, 2.45) is 5.92 Å². The van der Waals surface area contributed by atoms with E-state index in [0.717, 1.165) is 17.3 Å². The molecule has 0 bridgehead atoms. The van der Waals surface area contributed by atoms with Crippen LogP contribution in [0.4, 0.5) is 4.39 Å². The molecule has 2 heteroatoms. The highest BCUT2D eigenvalue weighted by atomic mass is 79.9. The molecular weight excluding hydrogens is 243 g/mol. The summed E-state index contributed by atoms with van der Waals surface area (Å²) in [6.45, 7) is 2.18. The van der Waals surface area contributed by atoms with Gasteiger partial charge in [-0.3, -0.25) is 0 Å². The average molecular weight is 259 g/mol. The second kappa shape index (κ2) is 6.18. The Hall–Kier alpha value is -0.370. The Morgan fingerprint density at radius 1 is 1.43 bits per heavy atom. The molecule has 0 saturated heterocycles. The fourth-order valence-corrected chi connectivity index (χ4v) is 2.19. The van der Waals surface area contributed by atoms with Gasteiger partial charge in [-0.15, -0.1) is 0 Å². The van der Waals surface area contributed by atoms with Crippen LogP contribution in [-0.2, 0) is 6.42 Å². The normalized spacial score (nSPS) is 12.8. The summed E-state index contributed by atoms with van der Waals surface area (Å²) in [6.07, 6.45) is 3.35. The highest BCUT2D eigenvalue weighted by Crippen LogP contribution is 2.16. The Labute approximate surface area is 93.7 Å². The maximum Gasteiger partial charge on any atom is 0.123 e. The van der Waals surface area contributed by atoms with Gasteiger partial charge in [0, 0.05) is 5.33 Å². The third-order valence-corrected chi connectivity index (χ3v) is 3.24. The number of benzene rings is 1. The molecule has 1 aromatic rings. The fourth-order valence-electron chi connectivity index (χ4n) is 1.64. The van der Waals surface area contributed by atoms with Crippen LogP contribution in [0.5, 0.6) is 0 Å². The van der Waals surface area contributed by atoms with Crippen molar-refractivity contribution in [2.75, 3.05) is 5.33 Å². The van der Waals surface area contributed by atoms with E-state index in [-0.39, 0.29) is 5.82 Å². The summed E-state index contributed by atoms with van der Waals surface area (Å²) >= 11 is 3.50. The first-order chi connectivity index (χ1) is 6.76. The molecule has 0 amide bonds. The topological polar surface area (TPSA) is 0 Å². The number of rotatable bonds is 5. The first-order valence-electron chi connectivity index (χ1n) is 5.06. The van der Waals surface area contributed by atoms with E-state index in [0.29, 0.717) is 5.92 Å². The third-order valence-electron chi connectivity index (χ3n) is 2.33. The molecule has 14 heavy (non-hydrogen) atoms. The van der Waals surface area contributed by atoms with Crippen LogP contribution in [-0.4, -0.2) is 5.33 Å². The van der Waals surface area contributed by atoms with Gasteiger partial charge in [-0.2, -0.15) is 0 Å². The molecule has 0 aliphatic rings. The lowest BCUT2D eigenvalue weighted by atomic mass is 9.97. The third kappa shape index (κ3) is 3.79. The number of alkyl halides is 1. The summed E-state index contributed by atoms with van der Waals surface area (Å²) in [6, 6.07) is 6.90. The monoisotopic (exact) mass is 258 g/mol. The molecule has 0 spiro atoms. The predicted molar refractivity (Wildman–Crippen MR) is 62.3 cm³/mol. The van der Waals surface area contributed by atoms with E-state index in [9.17, 15) is 4.39 Å². The van der Waals surface area contributed by atoms with E-state index in [1.807, 2.05) is 6.07 Å². The maximum absolute atomic E-state index is 12.9. The van der Waals surface area contributed by atoms with Crippen molar-refractivity contribution in [2.45, 2.75) is 26.2 Å². The van der Waals surface area contributed by atoms with Gasteiger partial charge in [0.15, 0.2) is 0 Å². The van der Waals surface area contributed by atoms with Crippen LogP contribution >= 0.6 is 15.9 Å². The molecular formula is C12H16BrF. The van der Waals surface area contributed by atoms with Gasteiger partial charge < -0.3 is 0 Å². The Bertz CT molecular complexity index is 273. The molecule has 0 fully saturated rings. The van der Waals surface area contributed by atoms with E-state index in [1.54, 1.807) is 12.1 Å². The van der Waals surface area contributed by atoms with Gasteiger partial charge in [-0.05, 0) is 36.5 Å². The van der Waals surface area contributed by atoms with Gasteiger partial charge in [-0.25, -0.2) is 4.39 Å². The highest BCUT2D eigenvalue weighted by molar-refractivity contribution is 9.09. The summed E-state index contributed by atoms with van der Waals surface area (Å²) in [4.78, 5) is 0. The van der Waals surface area contributed by atoms with Crippen LogP contribution in [0.3, 0.4) is 0 Å². The van der Waals surface area contributed by atoms with Crippen LogP contribution < -0.4 is 0 Å². The van der Waals surface area contributed by atoms with Crippen LogP contribution in [0.25, 0.3) is 0 Å². The minimum atomic E-state index is -0.132. The van der Waals surface area contributed by atoms with Crippen molar-refractivity contribution in [3.05, 3.63) is 35.6 Å². The summed E-state index contributed by atoms with van der Waals surface area (Å²) in [7, 11) is 0. The highest BCUT2D eigenvalue weighted by Gasteiger charge is 2.07. The number of hydrogen-bond acceptors (Lipinski definition) is 0. The lowest BCUT2D eigenvalue weighted by molar-refractivity contribution is 0.531. The quantitative estimate of drug-likeness (QED) is 0.696. The Morgan fingerprint density at radius 2 is 2.21 bits per heavy atom. The van der Waals surface area contributed by atoms with Crippen molar-refractivity contribution >= 4 is 15.9 Å². The zero-order valence-corrected chi connectivity index (χ0v) is 10.1. The fraction of sp³-hybridized carbons (Fsp3) is 0.500. The number of halogens is 2. The summed E-state index contributed by atoms with van der Waals surface area (Å²) in [5.74, 6) is 0.495. The van der Waals surface area contributed by atoms with Crippen LogP contribution in [0.15, 0.2) is 24.3 Å². The molecule has 1 aromatic carbocycles. The molecule has 0 N–H and O–H groups in total. The predicted octanol–water partition coefficient (Wildman–Crippen LogP) is 4.18. The number of hydrogen-bond donors (Lipinski definition) is 0. The summed E-state index contributed by atoms with van der Waals surface area (Å²) < 4.78 is 12.9. The smallest absolute Gasteiger partial charge is 0.123 e. The second-order valence-corrected chi connectivity index (χ2v) is 4.29. The van der Waals surface area contributed by atoms with Gasteiger partial charge in [0.1, 0.15) is 5.82 Å². The van der Waals surface area contributed by atoms with Crippen LogP contribution in [0.1, 0.15) is 25.3 Å². The Morgan fingerprint density at radius 3 is 2.79 bits per heavy atom. The Kier molecular flexibility index (Phi) is 5.16. The van der Waals surface area contributed by atoms with Gasteiger partial charge >= 0.3 is 0 Å². The molecule has 0 aromatic heterocycles. The molecule has 0 saturated carbocycles. The summed E-state index contributed by atoms with van der Waals surface area (Å²) in [5.41, 5.74) is 1.10. The Balaban J connectivity index is 2.57. The average Bonchev–Trinajstić information content (AvgIpc) is 2.17. The van der Waals surface area contributed by atoms with E-state index < -0.39 is 0 Å². The van der Waals surface area contributed by atoms with E-state index >= 15 is 0 Å². The van der Waals surface area contributed by atoms with Gasteiger partial charge in [0.2, 0.25) is 0 Å². The van der Waals surface area contributed by atoms with Gasteiger partial charge in [0.05, 0.1) is 0 Å². The van der Waals surface area contributed by atoms with Crippen LogP contribution in [0.2, 0.25) is 0 Å². The van der Waals surface area contributed by atoms with E-state index in [1.165, 1.54) is 18.9 Å². The first-order valence-corrected chi connectivity index (χ1v) is 6.18. The minimum Gasteiger partial charge on any atom is -0.207 e. The lowest BCUT2D eigenvalue weighted by Crippen LogP contribution is -2.05. The molecule has 0 nitrogen and oxygen atoms in total. The first kappa shape index (κ1) is 11.7. The standard InChI is InChI=1S/C12H16BrF/c1-2-4-11(9-13)7-10-5-3-6-12(14)8-10/h3,5-6,8,11H,2,4,7,9H2,1H3. The molecule has 1 rings (SSSR count). The molecule has 0 heterocycles. The summed E-state index contributed by atoms with van der Waals surface area (Å²) in [5, 5.41) is 0.997. The van der Waals surface area contributed by atoms with Crippen molar-refractivity contribution < 1.29 is 4.39 Å². The molecule has 1 atom stereocenters.